The van der Waals surface area contributed by atoms with Crippen LogP contribution in [-0.4, -0.2) is 29.4 Å². The molecular formula is C24H30N4O2. The number of anilines is 1. The van der Waals surface area contributed by atoms with E-state index in [0.29, 0.717) is 23.9 Å². The van der Waals surface area contributed by atoms with Crippen molar-refractivity contribution in [3.05, 3.63) is 59.9 Å². The third kappa shape index (κ3) is 4.48. The second kappa shape index (κ2) is 9.28. The van der Waals surface area contributed by atoms with E-state index in [4.69, 9.17) is 5.73 Å². The highest BCUT2D eigenvalue weighted by molar-refractivity contribution is 5.94. The van der Waals surface area contributed by atoms with Gasteiger partial charge in [-0.25, -0.2) is 0 Å². The fraction of sp³-hybridized carbons (Fsp3) is 0.458. The van der Waals surface area contributed by atoms with Gasteiger partial charge in [0.25, 0.3) is 5.91 Å². The van der Waals surface area contributed by atoms with Gasteiger partial charge in [0.1, 0.15) is 6.04 Å². The second-order valence-electron chi connectivity index (χ2n) is 8.44. The summed E-state index contributed by atoms with van der Waals surface area (Å²) < 4.78 is 0. The van der Waals surface area contributed by atoms with Crippen molar-refractivity contribution in [1.82, 2.24) is 10.3 Å². The normalized spacial score (nSPS) is 22.1. The lowest BCUT2D eigenvalue weighted by Gasteiger charge is -2.33. The summed E-state index contributed by atoms with van der Waals surface area (Å²) in [4.78, 5) is 31.2. The lowest BCUT2D eigenvalue weighted by atomic mass is 9.76. The van der Waals surface area contributed by atoms with Gasteiger partial charge in [-0.15, -0.1) is 0 Å². The first kappa shape index (κ1) is 20.4. The molecule has 1 saturated heterocycles. The minimum absolute atomic E-state index is 0.139. The van der Waals surface area contributed by atoms with Crippen molar-refractivity contribution in [2.75, 3.05) is 11.4 Å². The van der Waals surface area contributed by atoms with Crippen LogP contribution >= 0.6 is 0 Å². The summed E-state index contributed by atoms with van der Waals surface area (Å²) in [6.07, 6.45) is 8.95. The number of pyridine rings is 1. The van der Waals surface area contributed by atoms with Crippen LogP contribution in [0.15, 0.2) is 48.7 Å². The molecule has 0 spiro atoms. The Morgan fingerprint density at radius 2 is 1.80 bits per heavy atom. The Bertz CT molecular complexity index is 863. The highest BCUT2D eigenvalue weighted by atomic mass is 16.2. The number of nitrogens with one attached hydrogen (secondary N) is 1. The van der Waals surface area contributed by atoms with E-state index in [9.17, 15) is 9.59 Å². The number of carbonyl (C=O) groups is 2. The first-order valence-corrected chi connectivity index (χ1v) is 11.0. The number of nitrogens with two attached hydrogens (primary N) is 1. The van der Waals surface area contributed by atoms with E-state index in [2.05, 4.69) is 15.2 Å². The van der Waals surface area contributed by atoms with Crippen molar-refractivity contribution in [3.63, 3.8) is 0 Å². The molecule has 2 fully saturated rings. The molecule has 1 aliphatic carbocycles. The minimum Gasteiger partial charge on any atom is -0.368 e. The highest BCUT2D eigenvalue weighted by Gasteiger charge is 2.42. The van der Waals surface area contributed by atoms with E-state index >= 15 is 0 Å². The van der Waals surface area contributed by atoms with Crippen LogP contribution in [0.1, 0.15) is 54.6 Å². The molecule has 6 nitrogen and oxygen atoms in total. The maximum Gasteiger partial charge on any atom is 0.251 e. The lowest BCUT2D eigenvalue weighted by Crippen LogP contribution is -2.46. The number of hydrogen-bond acceptors (Lipinski definition) is 4. The largest absolute Gasteiger partial charge is 0.368 e. The van der Waals surface area contributed by atoms with E-state index in [0.717, 1.165) is 24.3 Å². The maximum atomic E-state index is 12.5. The average Bonchev–Trinajstić information content (AvgIpc) is 3.24. The summed E-state index contributed by atoms with van der Waals surface area (Å²) >= 11 is 0. The van der Waals surface area contributed by atoms with E-state index < -0.39 is 0 Å². The van der Waals surface area contributed by atoms with E-state index in [-0.39, 0.29) is 17.9 Å². The van der Waals surface area contributed by atoms with Gasteiger partial charge in [0.05, 0.1) is 12.2 Å². The molecule has 1 saturated carbocycles. The molecule has 2 atom stereocenters. The maximum absolute atomic E-state index is 12.5. The molecule has 6 heteroatoms. The van der Waals surface area contributed by atoms with Gasteiger partial charge in [0.15, 0.2) is 0 Å². The Morgan fingerprint density at radius 1 is 1.03 bits per heavy atom. The molecule has 2 heterocycles. The minimum atomic E-state index is -0.253. The first-order valence-electron chi connectivity index (χ1n) is 11.0. The molecule has 3 N–H and O–H groups in total. The zero-order valence-corrected chi connectivity index (χ0v) is 17.3. The van der Waals surface area contributed by atoms with Gasteiger partial charge in [-0.2, -0.15) is 0 Å². The van der Waals surface area contributed by atoms with Crippen LogP contribution in [-0.2, 0) is 11.3 Å². The van der Waals surface area contributed by atoms with Crippen LogP contribution in [0.5, 0.6) is 0 Å². The van der Waals surface area contributed by atoms with Crippen molar-refractivity contribution >= 4 is 17.5 Å². The van der Waals surface area contributed by atoms with Crippen molar-refractivity contribution in [2.45, 2.75) is 51.1 Å². The van der Waals surface area contributed by atoms with Crippen LogP contribution in [0.4, 0.5) is 5.69 Å². The van der Waals surface area contributed by atoms with E-state index in [1.807, 2.05) is 42.5 Å². The molecule has 1 aliphatic heterocycles. The Hall–Kier alpha value is -2.89. The van der Waals surface area contributed by atoms with Crippen molar-refractivity contribution < 1.29 is 9.59 Å². The average molecular weight is 407 g/mol. The second-order valence-corrected chi connectivity index (χ2v) is 8.44. The molecular weight excluding hydrogens is 376 g/mol. The number of rotatable bonds is 6. The van der Waals surface area contributed by atoms with Crippen LogP contribution in [0.2, 0.25) is 0 Å². The molecule has 4 rings (SSSR count). The van der Waals surface area contributed by atoms with Crippen LogP contribution < -0.4 is 16.0 Å². The van der Waals surface area contributed by atoms with Crippen LogP contribution in [0.25, 0.3) is 0 Å². The monoisotopic (exact) mass is 406 g/mol. The molecule has 30 heavy (non-hydrogen) atoms. The zero-order chi connectivity index (χ0) is 20.9. The molecule has 0 bridgehead atoms. The lowest BCUT2D eigenvalue weighted by molar-refractivity contribution is -0.120. The highest BCUT2D eigenvalue weighted by Crippen LogP contribution is 2.40. The van der Waals surface area contributed by atoms with Gasteiger partial charge < -0.3 is 16.0 Å². The summed E-state index contributed by atoms with van der Waals surface area (Å²) in [6.45, 7) is 1.22. The summed E-state index contributed by atoms with van der Waals surface area (Å²) in [7, 11) is 0. The van der Waals surface area contributed by atoms with Gasteiger partial charge in [0, 0.05) is 24.0 Å². The molecule has 158 valence electrons. The van der Waals surface area contributed by atoms with Gasteiger partial charge in [-0.1, -0.05) is 38.2 Å². The molecule has 0 unspecified atom stereocenters. The van der Waals surface area contributed by atoms with Gasteiger partial charge in [0.2, 0.25) is 5.91 Å². The number of benzene rings is 1. The predicted octanol–water partition coefficient (Wildman–Crippen LogP) is 3.27. The summed E-state index contributed by atoms with van der Waals surface area (Å²) in [5.41, 5.74) is 8.21. The Kier molecular flexibility index (Phi) is 6.31. The van der Waals surface area contributed by atoms with Gasteiger partial charge in [-0.05, 0) is 54.7 Å². The summed E-state index contributed by atoms with van der Waals surface area (Å²) in [6, 6.07) is 12.9. The standard InChI is InChI=1S/C24H30N4O2/c25-23(29)22-21(17-6-2-1-3-7-17)13-15-28(22)20-11-9-18(10-12-20)24(30)27-16-19-8-4-5-14-26-19/h4-5,8-12,14,17,21-22H,1-3,6-7,13,15-16H2,(H2,25,29)(H,27,30)/t21-,22-/m0/s1. The van der Waals surface area contributed by atoms with Crippen molar-refractivity contribution in [1.29, 1.82) is 0 Å². The van der Waals surface area contributed by atoms with Gasteiger partial charge in [-0.3, -0.25) is 14.6 Å². The first-order chi connectivity index (χ1) is 14.6. The number of hydrogen-bond donors (Lipinski definition) is 2. The van der Waals surface area contributed by atoms with E-state index in [1.54, 1.807) is 6.20 Å². The molecule has 1 aromatic heterocycles. The predicted molar refractivity (Wildman–Crippen MR) is 117 cm³/mol. The van der Waals surface area contributed by atoms with Crippen molar-refractivity contribution in [3.8, 4) is 0 Å². The Labute approximate surface area is 177 Å². The SMILES string of the molecule is NC(=O)[C@@H]1[C@H](C2CCCCC2)CCN1c1ccc(C(=O)NCc2ccccn2)cc1. The fourth-order valence-corrected chi connectivity index (χ4v) is 5.11. The fourth-order valence-electron chi connectivity index (χ4n) is 5.11. The quantitative estimate of drug-likeness (QED) is 0.771. The number of primary amides is 1. The summed E-state index contributed by atoms with van der Waals surface area (Å²) in [5.74, 6) is 0.558. The van der Waals surface area contributed by atoms with Crippen LogP contribution in [0.3, 0.4) is 0 Å². The molecule has 2 amide bonds. The molecule has 2 aliphatic rings. The van der Waals surface area contributed by atoms with Gasteiger partial charge >= 0.3 is 0 Å². The Balaban J connectivity index is 1.42. The summed E-state index contributed by atoms with van der Waals surface area (Å²) in [5, 5.41) is 2.89. The molecule has 2 aromatic rings. The smallest absolute Gasteiger partial charge is 0.251 e. The third-order valence-electron chi connectivity index (χ3n) is 6.61. The third-order valence-corrected chi connectivity index (χ3v) is 6.61. The number of nitrogens with zero attached hydrogens (tertiary/aromatic N) is 2. The molecule has 0 radical (unpaired) electrons. The van der Waals surface area contributed by atoms with Crippen molar-refractivity contribution in [2.24, 2.45) is 17.6 Å². The molecule has 1 aromatic carbocycles. The number of carbonyl (C=O) groups excluding carboxylic acids is 2. The Morgan fingerprint density at radius 3 is 2.47 bits per heavy atom. The number of aromatic nitrogens is 1. The van der Waals surface area contributed by atoms with E-state index in [1.165, 1.54) is 32.1 Å². The topological polar surface area (TPSA) is 88.3 Å². The number of amides is 2. The zero-order valence-electron chi connectivity index (χ0n) is 17.3. The van der Waals surface area contributed by atoms with Crippen LogP contribution in [0, 0.1) is 11.8 Å².